The monoisotopic (exact) mass is 459 g/mol. The van der Waals surface area contributed by atoms with Crippen LogP contribution >= 0.6 is 0 Å². The van der Waals surface area contributed by atoms with E-state index < -0.39 is 0 Å². The molecule has 0 radical (unpaired) electrons. The summed E-state index contributed by atoms with van der Waals surface area (Å²) in [7, 11) is 1.72. The zero-order valence-electron chi connectivity index (χ0n) is 19.9. The van der Waals surface area contributed by atoms with E-state index in [9.17, 15) is 4.79 Å². The molecule has 0 aliphatic carbocycles. The van der Waals surface area contributed by atoms with Crippen LogP contribution in [0.5, 0.6) is 5.75 Å². The predicted octanol–water partition coefficient (Wildman–Crippen LogP) is 2.63. The lowest BCUT2D eigenvalue weighted by molar-refractivity contribution is 0.235. The van der Waals surface area contributed by atoms with E-state index in [2.05, 4.69) is 56.1 Å². The molecule has 0 saturated carbocycles. The Hall–Kier alpha value is -3.16. The van der Waals surface area contributed by atoms with Gasteiger partial charge in [0.25, 0.3) is 5.56 Å². The molecule has 34 heavy (non-hydrogen) atoms. The molecule has 0 N–H and O–H groups in total. The number of aromatic nitrogens is 2. The van der Waals surface area contributed by atoms with Gasteiger partial charge in [-0.05, 0) is 24.1 Å². The van der Waals surface area contributed by atoms with Gasteiger partial charge in [0, 0.05) is 64.5 Å². The van der Waals surface area contributed by atoms with Gasteiger partial charge < -0.3 is 9.64 Å². The highest BCUT2D eigenvalue weighted by Gasteiger charge is 2.22. The summed E-state index contributed by atoms with van der Waals surface area (Å²) in [6, 6.07) is 18.7. The van der Waals surface area contributed by atoms with Gasteiger partial charge in [-0.15, -0.1) is 0 Å². The summed E-state index contributed by atoms with van der Waals surface area (Å²) in [6.45, 7) is 7.93. The minimum Gasteiger partial charge on any atom is -0.495 e. The molecule has 2 aliphatic rings. The van der Waals surface area contributed by atoms with Gasteiger partial charge in [0.2, 0.25) is 0 Å². The van der Waals surface area contributed by atoms with Gasteiger partial charge in [0.1, 0.15) is 5.75 Å². The summed E-state index contributed by atoms with van der Waals surface area (Å²) >= 11 is 0. The average Bonchev–Trinajstić information content (AvgIpc) is 2.89. The fourth-order valence-corrected chi connectivity index (χ4v) is 5.00. The molecule has 178 valence electrons. The smallest absolute Gasteiger partial charge is 0.256 e. The number of nitrogens with zero attached hydrogens (tertiary/aromatic N) is 5. The van der Waals surface area contributed by atoms with Crippen LogP contribution in [0, 0.1) is 0 Å². The van der Waals surface area contributed by atoms with Crippen LogP contribution in [-0.2, 0) is 26.1 Å². The van der Waals surface area contributed by atoms with Crippen LogP contribution in [0.15, 0.2) is 65.7 Å². The van der Waals surface area contributed by atoms with Gasteiger partial charge in [-0.3, -0.25) is 19.2 Å². The molecule has 3 heterocycles. The molecular formula is C27H33N5O2. The molecule has 0 atom stereocenters. The molecular weight excluding hydrogens is 426 g/mol. The fourth-order valence-electron chi connectivity index (χ4n) is 5.00. The third-order valence-electron chi connectivity index (χ3n) is 6.98. The Morgan fingerprint density at radius 3 is 2.44 bits per heavy atom. The van der Waals surface area contributed by atoms with E-state index in [-0.39, 0.29) is 5.56 Å². The van der Waals surface area contributed by atoms with Gasteiger partial charge in [0.05, 0.1) is 24.8 Å². The first-order chi connectivity index (χ1) is 16.7. The highest BCUT2D eigenvalue weighted by molar-refractivity contribution is 5.58. The van der Waals surface area contributed by atoms with Gasteiger partial charge >= 0.3 is 0 Å². The van der Waals surface area contributed by atoms with E-state index >= 15 is 0 Å². The quantitative estimate of drug-likeness (QED) is 0.542. The van der Waals surface area contributed by atoms with Gasteiger partial charge in [-0.2, -0.15) is 0 Å². The Balaban J connectivity index is 1.16. The second-order valence-electron chi connectivity index (χ2n) is 9.12. The Morgan fingerprint density at radius 2 is 1.65 bits per heavy atom. The number of fused-ring (bicyclic) bond motifs is 1. The maximum absolute atomic E-state index is 13.1. The van der Waals surface area contributed by atoms with Crippen LogP contribution in [0.4, 0.5) is 5.69 Å². The standard InChI is InChI=1S/C27H33N5O2/c1-34-26-10-6-5-9-25(26)31-16-13-29(14-17-31)15-18-32-21-28-24-20-30(12-11-23(24)27(32)33)19-22-7-3-2-4-8-22/h2-10,21H,11-20H2,1H3. The van der Waals surface area contributed by atoms with E-state index in [0.29, 0.717) is 6.54 Å². The lowest BCUT2D eigenvalue weighted by Crippen LogP contribution is -2.47. The molecule has 2 aromatic carbocycles. The van der Waals surface area contributed by atoms with Crippen LogP contribution in [0.25, 0.3) is 0 Å². The second kappa shape index (κ2) is 10.4. The molecule has 0 spiro atoms. The first-order valence-electron chi connectivity index (χ1n) is 12.1. The molecule has 1 fully saturated rings. The van der Waals surface area contributed by atoms with Crippen molar-refractivity contribution in [3.05, 3.63) is 88.1 Å². The molecule has 7 nitrogen and oxygen atoms in total. The van der Waals surface area contributed by atoms with Crippen LogP contribution in [0.3, 0.4) is 0 Å². The van der Waals surface area contributed by atoms with Crippen LogP contribution < -0.4 is 15.2 Å². The Kier molecular flexibility index (Phi) is 6.92. The van der Waals surface area contributed by atoms with Gasteiger partial charge in [0.15, 0.2) is 0 Å². The molecule has 1 saturated heterocycles. The van der Waals surface area contributed by atoms with Crippen molar-refractivity contribution in [1.82, 2.24) is 19.4 Å². The SMILES string of the molecule is COc1ccccc1N1CCN(CCn2cnc3c(c2=O)CCN(Cc2ccccc2)C3)CC1. The number of piperazine rings is 1. The number of methoxy groups -OCH3 is 1. The van der Waals surface area contributed by atoms with E-state index in [1.54, 1.807) is 18.0 Å². The summed E-state index contributed by atoms with van der Waals surface area (Å²) < 4.78 is 7.33. The minimum absolute atomic E-state index is 0.136. The molecule has 1 aromatic heterocycles. The van der Waals surface area contributed by atoms with Crippen molar-refractivity contribution < 1.29 is 4.74 Å². The van der Waals surface area contributed by atoms with Crippen molar-refractivity contribution in [2.24, 2.45) is 0 Å². The molecule has 3 aromatic rings. The normalized spacial score (nSPS) is 16.9. The summed E-state index contributed by atoms with van der Waals surface area (Å²) in [5.41, 5.74) is 4.42. The Morgan fingerprint density at radius 1 is 0.882 bits per heavy atom. The first-order valence-corrected chi connectivity index (χ1v) is 12.1. The molecule has 2 aliphatic heterocycles. The maximum atomic E-state index is 13.1. The molecule has 0 unspecified atom stereocenters. The molecule has 0 amide bonds. The van der Waals surface area contributed by atoms with Crippen molar-refractivity contribution in [1.29, 1.82) is 0 Å². The lowest BCUT2D eigenvalue weighted by atomic mass is 10.1. The van der Waals surface area contributed by atoms with Crippen LogP contribution in [0.1, 0.15) is 16.8 Å². The van der Waals surface area contributed by atoms with E-state index in [1.807, 2.05) is 18.2 Å². The minimum atomic E-state index is 0.136. The Labute approximate surface area is 201 Å². The van der Waals surface area contributed by atoms with Crippen molar-refractivity contribution in [3.63, 3.8) is 0 Å². The number of hydrogen-bond donors (Lipinski definition) is 0. The lowest BCUT2D eigenvalue weighted by Gasteiger charge is -2.36. The maximum Gasteiger partial charge on any atom is 0.256 e. The number of para-hydroxylation sites is 2. The third kappa shape index (κ3) is 5.00. The van der Waals surface area contributed by atoms with Gasteiger partial charge in [-0.1, -0.05) is 42.5 Å². The summed E-state index contributed by atoms with van der Waals surface area (Å²) in [5.74, 6) is 0.921. The molecule has 7 heteroatoms. The average molecular weight is 460 g/mol. The highest BCUT2D eigenvalue weighted by atomic mass is 16.5. The first kappa shape index (κ1) is 22.6. The Bertz CT molecular complexity index is 1160. The van der Waals surface area contributed by atoms with Crippen LogP contribution in [-0.4, -0.2) is 65.7 Å². The van der Waals surface area contributed by atoms with Crippen molar-refractivity contribution in [2.45, 2.75) is 26.1 Å². The zero-order valence-corrected chi connectivity index (χ0v) is 19.9. The highest BCUT2D eigenvalue weighted by Crippen LogP contribution is 2.28. The summed E-state index contributed by atoms with van der Waals surface area (Å²) in [4.78, 5) is 25.0. The topological polar surface area (TPSA) is 53.8 Å². The van der Waals surface area contributed by atoms with Crippen molar-refractivity contribution >= 4 is 5.69 Å². The van der Waals surface area contributed by atoms with Crippen molar-refractivity contribution in [2.75, 3.05) is 51.3 Å². The number of rotatable bonds is 7. The summed E-state index contributed by atoms with van der Waals surface area (Å²) in [5, 5.41) is 0. The molecule has 5 rings (SSSR count). The largest absolute Gasteiger partial charge is 0.495 e. The van der Waals surface area contributed by atoms with Crippen molar-refractivity contribution in [3.8, 4) is 5.75 Å². The molecule has 0 bridgehead atoms. The zero-order chi connectivity index (χ0) is 23.3. The van der Waals surface area contributed by atoms with E-state index in [1.165, 1.54) is 5.56 Å². The van der Waals surface area contributed by atoms with E-state index in [4.69, 9.17) is 4.74 Å². The number of anilines is 1. The van der Waals surface area contributed by atoms with E-state index in [0.717, 1.165) is 81.5 Å². The fraction of sp³-hybridized carbons (Fsp3) is 0.407. The number of ether oxygens (including phenoxy) is 1. The number of benzene rings is 2. The van der Waals surface area contributed by atoms with Crippen LogP contribution in [0.2, 0.25) is 0 Å². The number of hydrogen-bond acceptors (Lipinski definition) is 6. The second-order valence-corrected chi connectivity index (χ2v) is 9.12. The third-order valence-corrected chi connectivity index (χ3v) is 6.98. The predicted molar refractivity (Wildman–Crippen MR) is 134 cm³/mol. The van der Waals surface area contributed by atoms with Gasteiger partial charge in [-0.25, -0.2) is 4.98 Å². The summed E-state index contributed by atoms with van der Waals surface area (Å²) in [6.07, 6.45) is 2.52.